The van der Waals surface area contributed by atoms with Gasteiger partial charge in [-0.2, -0.15) is 0 Å². The maximum absolute atomic E-state index is 13.6. The van der Waals surface area contributed by atoms with Crippen LogP contribution >= 0.6 is 0 Å². The van der Waals surface area contributed by atoms with Crippen molar-refractivity contribution in [2.24, 2.45) is 0 Å². The van der Waals surface area contributed by atoms with Gasteiger partial charge >= 0.3 is 0 Å². The molecule has 0 fully saturated rings. The smallest absolute Gasteiger partial charge is 0.123 e. The minimum Gasteiger partial charge on any atom is -0.310 e. The van der Waals surface area contributed by atoms with Crippen LogP contribution in [0.1, 0.15) is 56.2 Å². The van der Waals surface area contributed by atoms with Crippen LogP contribution in [0, 0.1) is 12.7 Å². The molecule has 0 saturated carbocycles. The van der Waals surface area contributed by atoms with Gasteiger partial charge in [-0.15, -0.1) is 0 Å². The van der Waals surface area contributed by atoms with Crippen LogP contribution < -0.4 is 5.32 Å². The Morgan fingerprint density at radius 1 is 1.26 bits per heavy atom. The molecule has 19 heavy (non-hydrogen) atoms. The van der Waals surface area contributed by atoms with Crippen LogP contribution in [0.3, 0.4) is 0 Å². The number of hydrogen-bond donors (Lipinski definition) is 1. The molecule has 1 aromatic rings. The lowest BCUT2D eigenvalue weighted by Gasteiger charge is -2.22. The van der Waals surface area contributed by atoms with Crippen LogP contribution in [-0.2, 0) is 0 Å². The predicted molar refractivity (Wildman–Crippen MR) is 78.7 cm³/mol. The second kappa shape index (κ2) is 6.85. The zero-order valence-corrected chi connectivity index (χ0v) is 12.0. The molecule has 0 bridgehead atoms. The SMILES string of the molecule is CCNC(CC1=CCCCC1)c1cc(C)cc(F)c1. The maximum Gasteiger partial charge on any atom is 0.123 e. The second-order valence-corrected chi connectivity index (χ2v) is 5.48. The first-order valence-corrected chi connectivity index (χ1v) is 7.37. The molecule has 1 unspecified atom stereocenters. The van der Waals surface area contributed by atoms with E-state index in [9.17, 15) is 4.39 Å². The normalized spacial score (nSPS) is 17.1. The van der Waals surface area contributed by atoms with Crippen LogP contribution in [-0.4, -0.2) is 6.54 Å². The largest absolute Gasteiger partial charge is 0.310 e. The molecule has 1 aromatic carbocycles. The molecule has 0 radical (unpaired) electrons. The summed E-state index contributed by atoms with van der Waals surface area (Å²) in [6.45, 7) is 4.97. The third kappa shape index (κ3) is 4.17. The van der Waals surface area contributed by atoms with Crippen LogP contribution in [0.2, 0.25) is 0 Å². The Bertz CT molecular complexity index is 430. The number of halogens is 1. The quantitative estimate of drug-likeness (QED) is 0.759. The zero-order valence-electron chi connectivity index (χ0n) is 12.0. The number of nitrogens with one attached hydrogen (secondary N) is 1. The fourth-order valence-electron chi connectivity index (χ4n) is 2.87. The summed E-state index contributed by atoms with van der Waals surface area (Å²) in [5, 5.41) is 3.49. The number of hydrogen-bond acceptors (Lipinski definition) is 1. The van der Waals surface area contributed by atoms with Crippen molar-refractivity contribution >= 4 is 0 Å². The number of aryl methyl sites for hydroxylation is 1. The van der Waals surface area contributed by atoms with E-state index < -0.39 is 0 Å². The summed E-state index contributed by atoms with van der Waals surface area (Å²) in [5.41, 5.74) is 3.60. The summed E-state index contributed by atoms with van der Waals surface area (Å²) < 4.78 is 13.6. The molecule has 0 amide bonds. The first-order chi connectivity index (χ1) is 9.19. The molecule has 0 spiro atoms. The van der Waals surface area contributed by atoms with Crippen molar-refractivity contribution in [3.05, 3.63) is 46.8 Å². The van der Waals surface area contributed by atoms with Crippen LogP contribution in [0.4, 0.5) is 4.39 Å². The Balaban J connectivity index is 2.16. The second-order valence-electron chi connectivity index (χ2n) is 5.48. The van der Waals surface area contributed by atoms with E-state index in [1.807, 2.05) is 6.92 Å². The summed E-state index contributed by atoms with van der Waals surface area (Å²) in [6, 6.07) is 5.60. The maximum atomic E-state index is 13.6. The van der Waals surface area contributed by atoms with E-state index in [1.54, 1.807) is 12.1 Å². The average Bonchev–Trinajstić information content (AvgIpc) is 2.38. The molecule has 0 aliphatic heterocycles. The summed E-state index contributed by atoms with van der Waals surface area (Å²) >= 11 is 0. The van der Waals surface area contributed by atoms with E-state index in [0.29, 0.717) is 0 Å². The molecular formula is C17H24FN. The van der Waals surface area contributed by atoms with Crippen molar-refractivity contribution < 1.29 is 4.39 Å². The molecule has 0 heterocycles. The van der Waals surface area contributed by atoms with Gasteiger partial charge in [0.05, 0.1) is 0 Å². The van der Waals surface area contributed by atoms with Crippen molar-refractivity contribution in [3.8, 4) is 0 Å². The Morgan fingerprint density at radius 2 is 2.11 bits per heavy atom. The molecule has 1 N–H and O–H groups in total. The van der Waals surface area contributed by atoms with Gasteiger partial charge in [-0.25, -0.2) is 4.39 Å². The van der Waals surface area contributed by atoms with Gasteiger partial charge in [-0.05, 0) is 68.8 Å². The highest BCUT2D eigenvalue weighted by molar-refractivity contribution is 5.27. The monoisotopic (exact) mass is 261 g/mol. The van der Waals surface area contributed by atoms with E-state index in [0.717, 1.165) is 24.1 Å². The molecule has 1 aliphatic rings. The summed E-state index contributed by atoms with van der Waals surface area (Å²) in [4.78, 5) is 0. The molecule has 2 heteroatoms. The van der Waals surface area contributed by atoms with E-state index in [2.05, 4.69) is 24.4 Å². The van der Waals surface area contributed by atoms with Crippen LogP contribution in [0.15, 0.2) is 29.8 Å². The number of rotatable bonds is 5. The Kier molecular flexibility index (Phi) is 5.15. The molecular weight excluding hydrogens is 237 g/mol. The van der Waals surface area contributed by atoms with Gasteiger partial charge in [-0.1, -0.05) is 24.6 Å². The molecule has 0 aromatic heterocycles. The fourth-order valence-corrected chi connectivity index (χ4v) is 2.87. The molecule has 104 valence electrons. The first-order valence-electron chi connectivity index (χ1n) is 7.37. The minimum absolute atomic E-state index is 0.129. The zero-order chi connectivity index (χ0) is 13.7. The van der Waals surface area contributed by atoms with Crippen molar-refractivity contribution in [1.82, 2.24) is 5.32 Å². The van der Waals surface area contributed by atoms with Gasteiger partial charge in [0.2, 0.25) is 0 Å². The number of allylic oxidation sites excluding steroid dienone is 1. The Hall–Kier alpha value is -1.15. The Morgan fingerprint density at radius 3 is 2.74 bits per heavy atom. The standard InChI is InChI=1S/C17H24FN/c1-3-19-17(11-14-7-5-4-6-8-14)15-9-13(2)10-16(18)12-15/h7,9-10,12,17,19H,3-6,8,11H2,1-2H3. The molecule has 2 rings (SSSR count). The number of benzene rings is 1. The van der Waals surface area contributed by atoms with Gasteiger partial charge in [0.25, 0.3) is 0 Å². The van der Waals surface area contributed by atoms with Crippen molar-refractivity contribution in [3.63, 3.8) is 0 Å². The van der Waals surface area contributed by atoms with E-state index in [1.165, 1.54) is 31.3 Å². The van der Waals surface area contributed by atoms with Gasteiger partial charge in [0.1, 0.15) is 5.82 Å². The molecule has 0 saturated heterocycles. The summed E-state index contributed by atoms with van der Waals surface area (Å²) in [5.74, 6) is -0.129. The van der Waals surface area contributed by atoms with Gasteiger partial charge in [-0.3, -0.25) is 0 Å². The molecule has 1 aliphatic carbocycles. The predicted octanol–water partition coefficient (Wildman–Crippen LogP) is 4.68. The van der Waals surface area contributed by atoms with Crippen molar-refractivity contribution in [2.75, 3.05) is 6.54 Å². The average molecular weight is 261 g/mol. The van der Waals surface area contributed by atoms with E-state index in [4.69, 9.17) is 0 Å². The highest BCUT2D eigenvalue weighted by atomic mass is 19.1. The van der Waals surface area contributed by atoms with Gasteiger partial charge in [0, 0.05) is 6.04 Å². The van der Waals surface area contributed by atoms with Gasteiger partial charge < -0.3 is 5.32 Å². The third-order valence-corrected chi connectivity index (χ3v) is 3.77. The first kappa shape index (κ1) is 14.3. The fraction of sp³-hybridized carbons (Fsp3) is 0.529. The van der Waals surface area contributed by atoms with Crippen LogP contribution in [0.5, 0.6) is 0 Å². The molecule has 1 nitrogen and oxygen atoms in total. The summed E-state index contributed by atoms with van der Waals surface area (Å²) in [7, 11) is 0. The lowest BCUT2D eigenvalue weighted by atomic mass is 9.91. The van der Waals surface area contributed by atoms with Gasteiger partial charge in [0.15, 0.2) is 0 Å². The third-order valence-electron chi connectivity index (χ3n) is 3.77. The lowest BCUT2D eigenvalue weighted by Crippen LogP contribution is -2.22. The summed E-state index contributed by atoms with van der Waals surface area (Å²) in [6.07, 6.45) is 8.41. The highest BCUT2D eigenvalue weighted by Crippen LogP contribution is 2.28. The van der Waals surface area contributed by atoms with Crippen molar-refractivity contribution in [1.29, 1.82) is 0 Å². The topological polar surface area (TPSA) is 12.0 Å². The van der Waals surface area contributed by atoms with Crippen molar-refractivity contribution in [2.45, 2.75) is 52.0 Å². The van der Waals surface area contributed by atoms with E-state index >= 15 is 0 Å². The van der Waals surface area contributed by atoms with E-state index in [-0.39, 0.29) is 11.9 Å². The highest BCUT2D eigenvalue weighted by Gasteiger charge is 2.15. The van der Waals surface area contributed by atoms with Crippen LogP contribution in [0.25, 0.3) is 0 Å². The molecule has 1 atom stereocenters. The lowest BCUT2D eigenvalue weighted by molar-refractivity contribution is 0.522. The minimum atomic E-state index is -0.129. The Labute approximate surface area is 115 Å².